The maximum absolute atomic E-state index is 10.2. The summed E-state index contributed by atoms with van der Waals surface area (Å²) in [7, 11) is 0. The molecular formula is C15H17N3O. The molecular weight excluding hydrogens is 238 g/mol. The molecule has 1 aromatic carbocycles. The number of aliphatic hydroxyl groups excluding tert-OH is 1. The van der Waals surface area contributed by atoms with Gasteiger partial charge in [0, 0.05) is 17.9 Å². The van der Waals surface area contributed by atoms with Crippen LogP contribution in [0.4, 0.5) is 5.95 Å². The first-order valence-corrected chi connectivity index (χ1v) is 6.46. The third kappa shape index (κ3) is 2.31. The average Bonchev–Trinajstić information content (AvgIpc) is 2.37. The molecule has 3 rings (SSSR count). The fraction of sp³-hybridized carbons (Fsp3) is 0.333. The average molecular weight is 255 g/mol. The van der Waals surface area contributed by atoms with Crippen LogP contribution in [0.5, 0.6) is 0 Å². The smallest absolute Gasteiger partial charge is 0.226 e. The van der Waals surface area contributed by atoms with Crippen molar-refractivity contribution in [3.63, 3.8) is 0 Å². The number of aryl methyl sites for hydroxylation is 2. The number of anilines is 1. The standard InChI is InChI=1S/C15H17N3O/c1-10-7-11(2)17-15(16-10)18-8-12-5-3-4-6-13(12)14(19)9-18/h3-7,14,19H,8-9H2,1-2H3. The molecule has 0 aliphatic carbocycles. The van der Waals surface area contributed by atoms with Gasteiger partial charge >= 0.3 is 0 Å². The van der Waals surface area contributed by atoms with Crippen LogP contribution < -0.4 is 4.90 Å². The zero-order valence-electron chi connectivity index (χ0n) is 11.2. The maximum Gasteiger partial charge on any atom is 0.226 e. The highest BCUT2D eigenvalue weighted by atomic mass is 16.3. The second-order valence-corrected chi connectivity index (χ2v) is 5.05. The minimum Gasteiger partial charge on any atom is -0.387 e. The SMILES string of the molecule is Cc1cc(C)nc(N2Cc3ccccc3C(O)C2)n1. The predicted octanol–water partition coefficient (Wildman–Crippen LogP) is 2.15. The number of nitrogens with zero attached hydrogens (tertiary/aromatic N) is 3. The van der Waals surface area contributed by atoms with Crippen molar-refractivity contribution in [1.82, 2.24) is 9.97 Å². The Hall–Kier alpha value is -1.94. The lowest BCUT2D eigenvalue weighted by molar-refractivity contribution is 0.175. The lowest BCUT2D eigenvalue weighted by atomic mass is 9.98. The fourth-order valence-corrected chi connectivity index (χ4v) is 2.58. The number of β-amino-alcohol motifs (C(OH)–C–C–N with tert-alkyl or cyclic N) is 1. The zero-order chi connectivity index (χ0) is 13.4. The molecule has 19 heavy (non-hydrogen) atoms. The summed E-state index contributed by atoms with van der Waals surface area (Å²) >= 11 is 0. The van der Waals surface area contributed by atoms with E-state index in [2.05, 4.69) is 9.97 Å². The zero-order valence-corrected chi connectivity index (χ0v) is 11.2. The van der Waals surface area contributed by atoms with E-state index in [0.717, 1.165) is 29.1 Å². The molecule has 0 spiro atoms. The molecule has 1 N–H and O–H groups in total. The van der Waals surface area contributed by atoms with Gasteiger partial charge in [-0.15, -0.1) is 0 Å². The van der Waals surface area contributed by atoms with Crippen LogP contribution in [0.15, 0.2) is 30.3 Å². The number of aromatic nitrogens is 2. The summed E-state index contributed by atoms with van der Waals surface area (Å²) in [5.74, 6) is 0.700. The second-order valence-electron chi connectivity index (χ2n) is 5.05. The van der Waals surface area contributed by atoms with Gasteiger partial charge < -0.3 is 10.0 Å². The van der Waals surface area contributed by atoms with Gasteiger partial charge in [0.05, 0.1) is 12.6 Å². The number of rotatable bonds is 1. The normalized spacial score (nSPS) is 18.3. The highest BCUT2D eigenvalue weighted by Crippen LogP contribution is 2.28. The molecule has 1 aliphatic heterocycles. The topological polar surface area (TPSA) is 49.2 Å². The quantitative estimate of drug-likeness (QED) is 0.848. The molecule has 0 radical (unpaired) electrons. The molecule has 1 aromatic heterocycles. The van der Waals surface area contributed by atoms with Crippen molar-refractivity contribution in [2.75, 3.05) is 11.4 Å². The second kappa shape index (κ2) is 4.63. The van der Waals surface area contributed by atoms with E-state index in [1.807, 2.05) is 49.1 Å². The largest absolute Gasteiger partial charge is 0.387 e. The van der Waals surface area contributed by atoms with Crippen molar-refractivity contribution in [3.05, 3.63) is 52.8 Å². The highest BCUT2D eigenvalue weighted by molar-refractivity contribution is 5.41. The van der Waals surface area contributed by atoms with Gasteiger partial charge in [-0.1, -0.05) is 24.3 Å². The van der Waals surface area contributed by atoms with Gasteiger partial charge in [-0.2, -0.15) is 0 Å². The van der Waals surface area contributed by atoms with Crippen molar-refractivity contribution in [2.24, 2.45) is 0 Å². The summed E-state index contributed by atoms with van der Waals surface area (Å²) in [4.78, 5) is 11.0. The van der Waals surface area contributed by atoms with E-state index in [1.165, 1.54) is 0 Å². The van der Waals surface area contributed by atoms with Crippen molar-refractivity contribution in [2.45, 2.75) is 26.5 Å². The summed E-state index contributed by atoms with van der Waals surface area (Å²) in [5, 5.41) is 10.2. The van der Waals surface area contributed by atoms with E-state index >= 15 is 0 Å². The molecule has 1 aliphatic rings. The van der Waals surface area contributed by atoms with Crippen molar-refractivity contribution < 1.29 is 5.11 Å². The molecule has 2 aromatic rings. The Morgan fingerprint density at radius 3 is 2.58 bits per heavy atom. The van der Waals surface area contributed by atoms with Gasteiger partial charge in [-0.25, -0.2) is 9.97 Å². The Morgan fingerprint density at radius 1 is 1.16 bits per heavy atom. The monoisotopic (exact) mass is 255 g/mol. The summed E-state index contributed by atoms with van der Waals surface area (Å²) in [6.45, 7) is 5.22. The van der Waals surface area contributed by atoms with E-state index in [-0.39, 0.29) is 0 Å². The van der Waals surface area contributed by atoms with Crippen molar-refractivity contribution >= 4 is 5.95 Å². The van der Waals surface area contributed by atoms with E-state index in [1.54, 1.807) is 0 Å². The number of hydrogen-bond acceptors (Lipinski definition) is 4. The first kappa shape index (κ1) is 12.1. The first-order chi connectivity index (χ1) is 9.13. The van der Waals surface area contributed by atoms with Gasteiger partial charge in [-0.05, 0) is 31.0 Å². The molecule has 0 bridgehead atoms. The van der Waals surface area contributed by atoms with Crippen LogP contribution in [-0.2, 0) is 6.54 Å². The van der Waals surface area contributed by atoms with Crippen LogP contribution in [0.1, 0.15) is 28.6 Å². The summed E-state index contributed by atoms with van der Waals surface area (Å²) in [5.41, 5.74) is 4.07. The molecule has 0 amide bonds. The van der Waals surface area contributed by atoms with E-state index in [9.17, 15) is 5.11 Å². The van der Waals surface area contributed by atoms with E-state index < -0.39 is 6.10 Å². The van der Waals surface area contributed by atoms with Gasteiger partial charge in [0.2, 0.25) is 5.95 Å². The molecule has 2 heterocycles. The Labute approximate surface area is 112 Å². The van der Waals surface area contributed by atoms with Crippen LogP contribution in [0.3, 0.4) is 0 Å². The van der Waals surface area contributed by atoms with Gasteiger partial charge in [0.15, 0.2) is 0 Å². The minimum atomic E-state index is -0.477. The molecule has 4 heteroatoms. The van der Waals surface area contributed by atoms with Gasteiger partial charge in [0.1, 0.15) is 0 Å². The predicted molar refractivity (Wildman–Crippen MR) is 74.0 cm³/mol. The third-order valence-electron chi connectivity index (χ3n) is 3.42. The number of hydrogen-bond donors (Lipinski definition) is 1. The molecule has 98 valence electrons. The third-order valence-corrected chi connectivity index (χ3v) is 3.42. The molecule has 4 nitrogen and oxygen atoms in total. The molecule has 1 unspecified atom stereocenters. The van der Waals surface area contributed by atoms with Crippen LogP contribution in [0, 0.1) is 13.8 Å². The van der Waals surface area contributed by atoms with Crippen LogP contribution in [-0.4, -0.2) is 21.6 Å². The summed E-state index contributed by atoms with van der Waals surface area (Å²) in [6.07, 6.45) is -0.477. The van der Waals surface area contributed by atoms with Gasteiger partial charge in [-0.3, -0.25) is 0 Å². The van der Waals surface area contributed by atoms with Crippen molar-refractivity contribution in [1.29, 1.82) is 0 Å². The number of benzene rings is 1. The van der Waals surface area contributed by atoms with E-state index in [4.69, 9.17) is 0 Å². The lowest BCUT2D eigenvalue weighted by Gasteiger charge is -2.32. The molecule has 0 fully saturated rings. The molecule has 1 atom stereocenters. The highest BCUT2D eigenvalue weighted by Gasteiger charge is 2.24. The maximum atomic E-state index is 10.2. The minimum absolute atomic E-state index is 0.477. The fourth-order valence-electron chi connectivity index (χ4n) is 2.58. The molecule has 0 saturated heterocycles. The number of fused-ring (bicyclic) bond motifs is 1. The molecule has 0 saturated carbocycles. The van der Waals surface area contributed by atoms with Crippen molar-refractivity contribution in [3.8, 4) is 0 Å². The van der Waals surface area contributed by atoms with Crippen LogP contribution in [0.2, 0.25) is 0 Å². The Bertz CT molecular complexity index is 592. The van der Waals surface area contributed by atoms with Crippen LogP contribution >= 0.6 is 0 Å². The Morgan fingerprint density at radius 2 is 1.84 bits per heavy atom. The Kier molecular flexibility index (Phi) is 2.95. The summed E-state index contributed by atoms with van der Waals surface area (Å²) in [6, 6.07) is 9.95. The van der Waals surface area contributed by atoms with Crippen LogP contribution in [0.25, 0.3) is 0 Å². The first-order valence-electron chi connectivity index (χ1n) is 6.46. The summed E-state index contributed by atoms with van der Waals surface area (Å²) < 4.78 is 0. The lowest BCUT2D eigenvalue weighted by Crippen LogP contribution is -2.34. The Balaban J connectivity index is 1.96. The number of aliphatic hydroxyl groups is 1. The van der Waals surface area contributed by atoms with E-state index in [0.29, 0.717) is 12.5 Å². The van der Waals surface area contributed by atoms with Gasteiger partial charge in [0.25, 0.3) is 0 Å².